The Morgan fingerprint density at radius 2 is 2.39 bits per heavy atom. The molecule has 0 aromatic heterocycles. The van der Waals surface area contributed by atoms with Crippen LogP contribution in [0.3, 0.4) is 0 Å². The number of halogens is 1. The van der Waals surface area contributed by atoms with Crippen LogP contribution in [-0.4, -0.2) is 17.1 Å². The van der Waals surface area contributed by atoms with Gasteiger partial charge < -0.3 is 16.3 Å². The van der Waals surface area contributed by atoms with Gasteiger partial charge in [-0.2, -0.15) is 0 Å². The van der Waals surface area contributed by atoms with Gasteiger partial charge in [-0.1, -0.05) is 35.0 Å². The third-order valence-electron chi connectivity index (χ3n) is 2.62. The zero-order valence-electron chi connectivity index (χ0n) is 10.4. The topological polar surface area (TPSA) is 70.6 Å². The molecule has 4 nitrogen and oxygen atoms in total. The summed E-state index contributed by atoms with van der Waals surface area (Å²) in [7, 11) is 0. The van der Waals surface area contributed by atoms with Gasteiger partial charge in [-0.25, -0.2) is 0 Å². The van der Waals surface area contributed by atoms with E-state index in [2.05, 4.69) is 24.0 Å². The van der Waals surface area contributed by atoms with Gasteiger partial charge in [0, 0.05) is 23.2 Å². The molecular weight excluding hydrogens is 250 g/mol. The van der Waals surface area contributed by atoms with Crippen molar-refractivity contribution in [1.82, 2.24) is 5.32 Å². The average Bonchev–Trinajstić information content (AvgIpc) is 2.36. The van der Waals surface area contributed by atoms with Crippen LogP contribution in [0.4, 0.5) is 0 Å². The van der Waals surface area contributed by atoms with Crippen LogP contribution in [0.25, 0.3) is 0 Å². The SMILES string of the molecule is C=CCC(C)NCc1ccc(/C(N)=N/O)cc1Cl. The smallest absolute Gasteiger partial charge is 0.170 e. The molecule has 98 valence electrons. The van der Waals surface area contributed by atoms with Crippen molar-refractivity contribution < 1.29 is 5.21 Å². The summed E-state index contributed by atoms with van der Waals surface area (Å²) in [4.78, 5) is 0. The van der Waals surface area contributed by atoms with Gasteiger partial charge in [-0.3, -0.25) is 0 Å². The highest BCUT2D eigenvalue weighted by molar-refractivity contribution is 6.31. The van der Waals surface area contributed by atoms with E-state index in [1.807, 2.05) is 12.1 Å². The number of nitrogens with zero attached hydrogens (tertiary/aromatic N) is 1. The molecule has 0 aliphatic carbocycles. The predicted molar refractivity (Wildman–Crippen MR) is 75.1 cm³/mol. The molecule has 1 aromatic carbocycles. The van der Waals surface area contributed by atoms with E-state index in [0.717, 1.165) is 12.0 Å². The van der Waals surface area contributed by atoms with E-state index in [0.29, 0.717) is 23.2 Å². The largest absolute Gasteiger partial charge is 0.409 e. The third-order valence-corrected chi connectivity index (χ3v) is 2.97. The predicted octanol–water partition coefficient (Wildman–Crippen LogP) is 2.49. The number of hydrogen-bond acceptors (Lipinski definition) is 3. The molecule has 0 aliphatic rings. The van der Waals surface area contributed by atoms with Crippen LogP contribution in [0.2, 0.25) is 5.02 Å². The molecule has 0 saturated heterocycles. The van der Waals surface area contributed by atoms with E-state index in [9.17, 15) is 0 Å². The maximum atomic E-state index is 8.58. The number of hydrogen-bond donors (Lipinski definition) is 3. The fourth-order valence-electron chi connectivity index (χ4n) is 1.53. The van der Waals surface area contributed by atoms with Gasteiger partial charge in [0.25, 0.3) is 0 Å². The molecule has 18 heavy (non-hydrogen) atoms. The van der Waals surface area contributed by atoms with Crippen molar-refractivity contribution in [3.05, 3.63) is 47.0 Å². The molecule has 1 rings (SSSR count). The molecule has 1 atom stereocenters. The highest BCUT2D eigenvalue weighted by Crippen LogP contribution is 2.18. The molecule has 1 unspecified atom stereocenters. The summed E-state index contributed by atoms with van der Waals surface area (Å²) in [5.41, 5.74) is 7.07. The second-order valence-corrected chi connectivity index (χ2v) is 4.50. The average molecular weight is 268 g/mol. The normalized spacial score (nSPS) is 13.3. The van der Waals surface area contributed by atoms with Crippen molar-refractivity contribution in [2.45, 2.75) is 25.9 Å². The van der Waals surface area contributed by atoms with Gasteiger partial charge >= 0.3 is 0 Å². The van der Waals surface area contributed by atoms with Crippen molar-refractivity contribution >= 4 is 17.4 Å². The zero-order chi connectivity index (χ0) is 13.5. The molecule has 0 fully saturated rings. The first-order valence-corrected chi connectivity index (χ1v) is 6.07. The van der Waals surface area contributed by atoms with Crippen LogP contribution in [-0.2, 0) is 6.54 Å². The summed E-state index contributed by atoms with van der Waals surface area (Å²) in [6.07, 6.45) is 2.78. The Hall–Kier alpha value is -1.52. The van der Waals surface area contributed by atoms with Crippen molar-refractivity contribution in [3.8, 4) is 0 Å². The Kier molecular flexibility index (Phi) is 5.68. The molecule has 5 heteroatoms. The molecule has 0 radical (unpaired) electrons. The Morgan fingerprint density at radius 1 is 1.67 bits per heavy atom. The van der Waals surface area contributed by atoms with Crippen LogP contribution in [0.5, 0.6) is 0 Å². The van der Waals surface area contributed by atoms with Gasteiger partial charge in [-0.05, 0) is 25.0 Å². The molecule has 0 heterocycles. The number of nitrogens with one attached hydrogen (secondary N) is 1. The van der Waals surface area contributed by atoms with Gasteiger partial charge in [0.1, 0.15) is 0 Å². The number of oxime groups is 1. The maximum absolute atomic E-state index is 8.58. The van der Waals surface area contributed by atoms with Crippen LogP contribution in [0.15, 0.2) is 36.0 Å². The summed E-state index contributed by atoms with van der Waals surface area (Å²) in [5, 5.41) is 15.5. The number of rotatable bonds is 6. The van der Waals surface area contributed by atoms with E-state index >= 15 is 0 Å². The lowest BCUT2D eigenvalue weighted by molar-refractivity contribution is 0.318. The number of benzene rings is 1. The maximum Gasteiger partial charge on any atom is 0.170 e. The third kappa shape index (κ3) is 4.05. The highest BCUT2D eigenvalue weighted by Gasteiger charge is 2.06. The Balaban J connectivity index is 2.71. The van der Waals surface area contributed by atoms with E-state index in [1.165, 1.54) is 0 Å². The number of nitrogens with two attached hydrogens (primary N) is 1. The number of amidine groups is 1. The van der Waals surface area contributed by atoms with Gasteiger partial charge in [0.05, 0.1) is 0 Å². The summed E-state index contributed by atoms with van der Waals surface area (Å²) < 4.78 is 0. The summed E-state index contributed by atoms with van der Waals surface area (Å²) in [6, 6.07) is 5.67. The summed E-state index contributed by atoms with van der Waals surface area (Å²) in [6.45, 7) is 6.45. The standard InChI is InChI=1S/C13H18ClN3O/c1-3-4-9(2)16-8-11-6-5-10(7-12(11)14)13(15)17-18/h3,5-7,9,16,18H,1,4,8H2,2H3,(H2,15,17). The first-order valence-electron chi connectivity index (χ1n) is 5.69. The molecule has 0 aliphatic heterocycles. The first kappa shape index (κ1) is 14.5. The zero-order valence-corrected chi connectivity index (χ0v) is 11.1. The van der Waals surface area contributed by atoms with E-state index < -0.39 is 0 Å². The lowest BCUT2D eigenvalue weighted by Crippen LogP contribution is -2.25. The lowest BCUT2D eigenvalue weighted by Gasteiger charge is -2.13. The second kappa shape index (κ2) is 7.03. The molecule has 4 N–H and O–H groups in total. The molecular formula is C13H18ClN3O. The van der Waals surface area contributed by atoms with E-state index in [-0.39, 0.29) is 5.84 Å². The van der Waals surface area contributed by atoms with E-state index in [4.69, 9.17) is 22.5 Å². The minimum atomic E-state index is 0.0523. The summed E-state index contributed by atoms with van der Waals surface area (Å²) in [5.74, 6) is 0.0523. The fraction of sp³-hybridized carbons (Fsp3) is 0.308. The fourth-order valence-corrected chi connectivity index (χ4v) is 1.77. The van der Waals surface area contributed by atoms with Crippen LogP contribution in [0, 0.1) is 0 Å². The monoisotopic (exact) mass is 267 g/mol. The molecule has 0 spiro atoms. The van der Waals surface area contributed by atoms with Gasteiger partial charge in [0.2, 0.25) is 0 Å². The quantitative estimate of drug-likeness (QED) is 0.244. The minimum absolute atomic E-state index is 0.0523. The molecule has 0 bridgehead atoms. The van der Waals surface area contributed by atoms with Crippen molar-refractivity contribution in [2.24, 2.45) is 10.9 Å². The Labute approximate surface area is 112 Å². The second-order valence-electron chi connectivity index (χ2n) is 4.10. The molecule has 0 saturated carbocycles. The van der Waals surface area contributed by atoms with Crippen molar-refractivity contribution in [2.75, 3.05) is 0 Å². The van der Waals surface area contributed by atoms with Gasteiger partial charge in [-0.15, -0.1) is 6.58 Å². The van der Waals surface area contributed by atoms with Crippen LogP contribution in [0.1, 0.15) is 24.5 Å². The Morgan fingerprint density at radius 3 is 2.94 bits per heavy atom. The van der Waals surface area contributed by atoms with E-state index in [1.54, 1.807) is 12.1 Å². The molecule has 0 amide bonds. The van der Waals surface area contributed by atoms with Crippen LogP contribution >= 0.6 is 11.6 Å². The van der Waals surface area contributed by atoms with Crippen molar-refractivity contribution in [3.63, 3.8) is 0 Å². The molecule has 1 aromatic rings. The van der Waals surface area contributed by atoms with Crippen molar-refractivity contribution in [1.29, 1.82) is 0 Å². The first-order chi connectivity index (χ1) is 8.58. The summed E-state index contributed by atoms with van der Waals surface area (Å²) >= 11 is 6.14. The minimum Gasteiger partial charge on any atom is -0.409 e. The lowest BCUT2D eigenvalue weighted by atomic mass is 10.1. The Bertz CT molecular complexity index is 446. The highest BCUT2D eigenvalue weighted by atomic mass is 35.5. The van der Waals surface area contributed by atoms with Gasteiger partial charge in [0.15, 0.2) is 5.84 Å². The van der Waals surface area contributed by atoms with Crippen LogP contribution < -0.4 is 11.1 Å².